The number of hydrogen-bond donors (Lipinski definition) is 1. The molecule has 0 aliphatic carbocycles. The van der Waals surface area contributed by atoms with Crippen molar-refractivity contribution < 1.29 is 14.3 Å². The number of hydrogen-bond acceptors (Lipinski definition) is 5. The van der Waals surface area contributed by atoms with Gasteiger partial charge in [0.1, 0.15) is 24.7 Å². The molecular weight excluding hydrogens is 366 g/mol. The Morgan fingerprint density at radius 3 is 2.59 bits per heavy atom. The molecule has 0 fully saturated rings. The monoisotopic (exact) mass is 391 g/mol. The molecule has 0 radical (unpaired) electrons. The van der Waals surface area contributed by atoms with Gasteiger partial charge in [-0.15, -0.1) is 0 Å². The molecule has 0 saturated heterocycles. The number of nitrogens with zero attached hydrogens (tertiary/aromatic N) is 2. The van der Waals surface area contributed by atoms with E-state index in [1.165, 1.54) is 0 Å². The first-order valence-electron chi connectivity index (χ1n) is 9.39. The fourth-order valence-corrected chi connectivity index (χ4v) is 2.59. The van der Waals surface area contributed by atoms with E-state index in [1.54, 1.807) is 12.4 Å². The molecule has 0 aliphatic rings. The summed E-state index contributed by atoms with van der Waals surface area (Å²) in [7, 11) is 0. The van der Waals surface area contributed by atoms with E-state index in [1.807, 2.05) is 62.4 Å². The van der Waals surface area contributed by atoms with Crippen molar-refractivity contribution in [3.63, 3.8) is 0 Å². The second-order valence-electron chi connectivity index (χ2n) is 6.60. The number of oxime groups is 1. The molecule has 1 aromatic heterocycles. The van der Waals surface area contributed by atoms with Crippen molar-refractivity contribution in [3.8, 4) is 11.5 Å². The van der Waals surface area contributed by atoms with Gasteiger partial charge in [0, 0.05) is 23.5 Å². The molecule has 0 aliphatic heterocycles. The molecule has 150 valence electrons. The van der Waals surface area contributed by atoms with Gasteiger partial charge >= 0.3 is 0 Å². The number of ether oxygens (including phenoxy) is 2. The predicted octanol–water partition coefficient (Wildman–Crippen LogP) is 3.99. The lowest BCUT2D eigenvalue weighted by Gasteiger charge is -2.09. The summed E-state index contributed by atoms with van der Waals surface area (Å²) < 4.78 is 11.5. The summed E-state index contributed by atoms with van der Waals surface area (Å²) in [4.78, 5) is 9.34. The van der Waals surface area contributed by atoms with Crippen LogP contribution in [0.2, 0.25) is 0 Å². The molecule has 1 heterocycles. The van der Waals surface area contributed by atoms with E-state index in [9.17, 15) is 0 Å². The van der Waals surface area contributed by atoms with Crippen molar-refractivity contribution in [3.05, 3.63) is 89.2 Å². The maximum absolute atomic E-state index is 5.98. The first-order valence-corrected chi connectivity index (χ1v) is 9.39. The largest absolute Gasteiger partial charge is 0.490 e. The molecule has 3 aromatic rings. The minimum Gasteiger partial charge on any atom is -0.490 e. The number of pyridine rings is 1. The van der Waals surface area contributed by atoms with Gasteiger partial charge in [-0.25, -0.2) is 0 Å². The number of benzene rings is 2. The molecule has 0 atom stereocenters. The van der Waals surface area contributed by atoms with Crippen molar-refractivity contribution in [2.75, 3.05) is 13.2 Å². The first-order chi connectivity index (χ1) is 14.1. The topological polar surface area (TPSA) is 79.0 Å². The molecule has 2 aromatic carbocycles. The number of aromatic nitrogens is 1. The summed E-state index contributed by atoms with van der Waals surface area (Å²) in [6.07, 6.45) is 3.51. The van der Waals surface area contributed by atoms with Gasteiger partial charge in [0.25, 0.3) is 0 Å². The first kappa shape index (κ1) is 20.2. The molecule has 3 rings (SSSR count). The van der Waals surface area contributed by atoms with Gasteiger partial charge in [-0.1, -0.05) is 23.4 Å². The second kappa shape index (κ2) is 10.1. The highest BCUT2D eigenvalue weighted by Gasteiger charge is 2.02. The minimum absolute atomic E-state index is 0.301. The Kier molecular flexibility index (Phi) is 7.05. The number of amidine groups is 1. The molecule has 0 spiro atoms. The van der Waals surface area contributed by atoms with Crippen LogP contribution in [0.15, 0.2) is 72.1 Å². The zero-order chi connectivity index (χ0) is 20.5. The lowest BCUT2D eigenvalue weighted by Crippen LogP contribution is -2.15. The third-order valence-electron chi connectivity index (χ3n) is 4.22. The molecule has 0 amide bonds. The van der Waals surface area contributed by atoms with Crippen LogP contribution in [-0.2, 0) is 11.4 Å². The smallest absolute Gasteiger partial charge is 0.170 e. The van der Waals surface area contributed by atoms with E-state index >= 15 is 0 Å². The summed E-state index contributed by atoms with van der Waals surface area (Å²) in [6, 6.07) is 17.3. The number of aryl methyl sites for hydroxylation is 2. The Morgan fingerprint density at radius 2 is 1.83 bits per heavy atom. The average molecular weight is 391 g/mol. The fraction of sp³-hybridized carbons (Fsp3) is 0.217. The van der Waals surface area contributed by atoms with Crippen LogP contribution in [0.25, 0.3) is 0 Å². The molecule has 6 heteroatoms. The summed E-state index contributed by atoms with van der Waals surface area (Å²) in [6.45, 7) is 5.20. The van der Waals surface area contributed by atoms with Gasteiger partial charge in [0.2, 0.25) is 0 Å². The molecule has 0 saturated carbocycles. The van der Waals surface area contributed by atoms with Gasteiger partial charge in [-0.05, 0) is 61.4 Å². The summed E-state index contributed by atoms with van der Waals surface area (Å²) in [5.41, 5.74) is 9.99. The predicted molar refractivity (Wildman–Crippen MR) is 113 cm³/mol. The molecule has 0 unspecified atom stereocenters. The molecule has 2 N–H and O–H groups in total. The van der Waals surface area contributed by atoms with Crippen molar-refractivity contribution in [1.82, 2.24) is 4.98 Å². The molecule has 29 heavy (non-hydrogen) atoms. The van der Waals surface area contributed by atoms with Crippen LogP contribution in [0.4, 0.5) is 0 Å². The Morgan fingerprint density at radius 1 is 1.00 bits per heavy atom. The standard InChI is InChI=1S/C23H25N3O3/c1-17-5-6-18(2)22(14-17)27-12-13-29-26-23(24)20-7-9-21(10-8-20)28-16-19-4-3-11-25-15-19/h3-11,14-15H,12-13,16H2,1-2H3,(H2,24,26). The average Bonchev–Trinajstić information content (AvgIpc) is 2.75. The van der Waals surface area contributed by atoms with Gasteiger partial charge in [0.05, 0.1) is 0 Å². The molecular formula is C23H25N3O3. The number of rotatable bonds is 9. The maximum atomic E-state index is 5.98. The molecule has 0 bridgehead atoms. The van der Waals surface area contributed by atoms with Crippen molar-refractivity contribution in [2.24, 2.45) is 10.9 Å². The number of nitrogens with two attached hydrogens (primary N) is 1. The fourth-order valence-electron chi connectivity index (χ4n) is 2.59. The Labute approximate surface area is 170 Å². The summed E-state index contributed by atoms with van der Waals surface area (Å²) >= 11 is 0. The van der Waals surface area contributed by atoms with E-state index in [-0.39, 0.29) is 0 Å². The van der Waals surface area contributed by atoms with E-state index in [2.05, 4.69) is 16.2 Å². The minimum atomic E-state index is 0.301. The van der Waals surface area contributed by atoms with Gasteiger partial charge in [-0.2, -0.15) is 0 Å². The highest BCUT2D eigenvalue weighted by molar-refractivity contribution is 5.97. The highest BCUT2D eigenvalue weighted by Crippen LogP contribution is 2.19. The van der Waals surface area contributed by atoms with Gasteiger partial charge in [-0.3, -0.25) is 4.98 Å². The van der Waals surface area contributed by atoms with Crippen LogP contribution < -0.4 is 15.2 Å². The van der Waals surface area contributed by atoms with Gasteiger partial charge < -0.3 is 20.0 Å². The van der Waals surface area contributed by atoms with E-state index in [4.69, 9.17) is 20.0 Å². The van der Waals surface area contributed by atoms with Crippen molar-refractivity contribution in [2.45, 2.75) is 20.5 Å². The zero-order valence-corrected chi connectivity index (χ0v) is 16.7. The zero-order valence-electron chi connectivity index (χ0n) is 16.7. The lowest BCUT2D eigenvalue weighted by atomic mass is 10.1. The van der Waals surface area contributed by atoms with Crippen LogP contribution in [-0.4, -0.2) is 24.0 Å². The third-order valence-corrected chi connectivity index (χ3v) is 4.22. The van der Waals surface area contributed by atoms with Crippen molar-refractivity contribution in [1.29, 1.82) is 0 Å². The lowest BCUT2D eigenvalue weighted by molar-refractivity contribution is 0.107. The quantitative estimate of drug-likeness (QED) is 0.258. The van der Waals surface area contributed by atoms with E-state index in [0.29, 0.717) is 25.7 Å². The molecule has 6 nitrogen and oxygen atoms in total. The maximum Gasteiger partial charge on any atom is 0.170 e. The van der Waals surface area contributed by atoms with Crippen LogP contribution in [0.1, 0.15) is 22.3 Å². The summed E-state index contributed by atoms with van der Waals surface area (Å²) in [5, 5.41) is 3.95. The van der Waals surface area contributed by atoms with Crippen LogP contribution >= 0.6 is 0 Å². The second-order valence-corrected chi connectivity index (χ2v) is 6.60. The highest BCUT2D eigenvalue weighted by atomic mass is 16.6. The van der Waals surface area contributed by atoms with Crippen LogP contribution in [0.5, 0.6) is 11.5 Å². The summed E-state index contributed by atoms with van der Waals surface area (Å²) in [5.74, 6) is 1.90. The van der Waals surface area contributed by atoms with E-state index in [0.717, 1.165) is 33.8 Å². The van der Waals surface area contributed by atoms with Gasteiger partial charge in [0.15, 0.2) is 12.4 Å². The Bertz CT molecular complexity index is 941. The Hall–Kier alpha value is -3.54. The normalized spacial score (nSPS) is 11.2. The van der Waals surface area contributed by atoms with Crippen LogP contribution in [0.3, 0.4) is 0 Å². The Balaban J connectivity index is 1.44. The SMILES string of the molecule is Cc1ccc(C)c(OCCON=C(N)c2ccc(OCc3cccnc3)cc2)c1. The van der Waals surface area contributed by atoms with Crippen LogP contribution in [0, 0.1) is 13.8 Å². The van der Waals surface area contributed by atoms with E-state index < -0.39 is 0 Å². The van der Waals surface area contributed by atoms with Crippen molar-refractivity contribution >= 4 is 5.84 Å². The third kappa shape index (κ3) is 6.24.